The first-order chi connectivity index (χ1) is 16.3. The van der Waals surface area contributed by atoms with Gasteiger partial charge in [0.15, 0.2) is 11.0 Å². The molecular weight excluding hydrogens is 438 g/mol. The van der Waals surface area contributed by atoms with Gasteiger partial charge in [-0.1, -0.05) is 75.0 Å². The Labute approximate surface area is 207 Å². The predicted molar refractivity (Wildman–Crippen MR) is 142 cm³/mol. The Balaban J connectivity index is 1.71. The number of aromatic nitrogens is 3. The van der Waals surface area contributed by atoms with Gasteiger partial charge in [0.25, 0.3) is 0 Å². The van der Waals surface area contributed by atoms with E-state index >= 15 is 0 Å². The van der Waals surface area contributed by atoms with E-state index in [-0.39, 0.29) is 5.41 Å². The smallest absolute Gasteiger partial charge is 0.196 e. The van der Waals surface area contributed by atoms with Gasteiger partial charge in [-0.2, -0.15) is 0 Å². The van der Waals surface area contributed by atoms with Gasteiger partial charge in [0.2, 0.25) is 0 Å². The van der Waals surface area contributed by atoms with Crippen LogP contribution >= 0.6 is 11.8 Å². The lowest BCUT2D eigenvalue weighted by atomic mass is 9.87. The van der Waals surface area contributed by atoms with Gasteiger partial charge in [0, 0.05) is 17.0 Å². The largest absolute Gasteiger partial charge is 0.494 e. The number of hydrogen-bond donors (Lipinski definition) is 0. The zero-order valence-corrected chi connectivity index (χ0v) is 21.7. The summed E-state index contributed by atoms with van der Waals surface area (Å²) in [5.74, 6) is 2.53. The molecule has 0 aliphatic rings. The molecule has 0 spiro atoms. The van der Waals surface area contributed by atoms with Crippen LogP contribution in [0.3, 0.4) is 0 Å². The Kier molecular flexibility index (Phi) is 7.13. The van der Waals surface area contributed by atoms with Crippen LogP contribution in [0.25, 0.3) is 17.1 Å². The molecule has 0 bridgehead atoms. The highest BCUT2D eigenvalue weighted by Crippen LogP contribution is 2.32. The Morgan fingerprint density at radius 2 is 1.56 bits per heavy atom. The van der Waals surface area contributed by atoms with Crippen LogP contribution in [-0.4, -0.2) is 21.4 Å². The molecule has 0 saturated heterocycles. The second-order valence-corrected chi connectivity index (χ2v) is 10.5. The maximum Gasteiger partial charge on any atom is 0.196 e. The molecule has 1 aromatic heterocycles. The Bertz CT molecular complexity index is 1250. The van der Waals surface area contributed by atoms with Crippen molar-refractivity contribution in [3.63, 3.8) is 0 Å². The Morgan fingerprint density at radius 3 is 2.18 bits per heavy atom. The van der Waals surface area contributed by atoms with E-state index in [9.17, 15) is 0 Å². The molecule has 4 nitrogen and oxygen atoms in total. The molecule has 34 heavy (non-hydrogen) atoms. The number of rotatable bonds is 7. The zero-order valence-electron chi connectivity index (χ0n) is 20.9. The molecule has 0 unspecified atom stereocenters. The summed E-state index contributed by atoms with van der Waals surface area (Å²) in [5.41, 5.74) is 7.38. The van der Waals surface area contributed by atoms with Crippen LogP contribution in [0.2, 0.25) is 0 Å². The van der Waals surface area contributed by atoms with Crippen LogP contribution in [0, 0.1) is 13.8 Å². The summed E-state index contributed by atoms with van der Waals surface area (Å²) >= 11 is 1.71. The molecule has 0 fully saturated rings. The van der Waals surface area contributed by atoms with E-state index in [0.717, 1.165) is 33.7 Å². The number of ether oxygens (including phenoxy) is 1. The molecule has 0 aliphatic carbocycles. The summed E-state index contributed by atoms with van der Waals surface area (Å²) < 4.78 is 7.80. The predicted octanol–water partition coefficient (Wildman–Crippen LogP) is 7.54. The number of thioether (sulfide) groups is 1. The molecule has 1 heterocycles. The van der Waals surface area contributed by atoms with Crippen molar-refractivity contribution in [2.24, 2.45) is 0 Å². The highest BCUT2D eigenvalue weighted by molar-refractivity contribution is 7.98. The number of aryl methyl sites for hydroxylation is 2. The van der Waals surface area contributed by atoms with Crippen molar-refractivity contribution in [3.05, 3.63) is 89.0 Å². The minimum absolute atomic E-state index is 0.106. The van der Waals surface area contributed by atoms with Gasteiger partial charge >= 0.3 is 0 Å². The number of nitrogens with zero attached hydrogens (tertiary/aromatic N) is 3. The molecule has 3 aromatic carbocycles. The maximum absolute atomic E-state index is 5.65. The van der Waals surface area contributed by atoms with Crippen LogP contribution in [0.4, 0.5) is 0 Å². The first kappa shape index (κ1) is 24.1. The summed E-state index contributed by atoms with van der Waals surface area (Å²) in [6.45, 7) is 13.6. The molecule has 176 valence electrons. The summed E-state index contributed by atoms with van der Waals surface area (Å²) in [7, 11) is 0. The van der Waals surface area contributed by atoms with Gasteiger partial charge in [-0.25, -0.2) is 0 Å². The van der Waals surface area contributed by atoms with Crippen LogP contribution in [0.15, 0.2) is 71.9 Å². The summed E-state index contributed by atoms with van der Waals surface area (Å²) in [6, 6.07) is 23.5. The average molecular weight is 472 g/mol. The van der Waals surface area contributed by atoms with E-state index in [2.05, 4.69) is 104 Å². The van der Waals surface area contributed by atoms with Gasteiger partial charge in [0.1, 0.15) is 5.75 Å². The van der Waals surface area contributed by atoms with Crippen molar-refractivity contribution in [2.45, 2.75) is 57.9 Å². The normalized spacial score (nSPS) is 11.6. The maximum atomic E-state index is 5.65. The SMILES string of the molecule is CCOc1ccc(-n2c(SCc3ccc(C)c(C)c3)nnc2-c2ccc(C(C)(C)C)cc2)cc1. The second kappa shape index (κ2) is 10.1. The van der Waals surface area contributed by atoms with E-state index in [1.165, 1.54) is 22.3 Å². The molecule has 0 amide bonds. The fourth-order valence-electron chi connectivity index (χ4n) is 3.80. The van der Waals surface area contributed by atoms with Crippen molar-refractivity contribution in [2.75, 3.05) is 6.61 Å². The summed E-state index contributed by atoms with van der Waals surface area (Å²) in [6.07, 6.45) is 0. The van der Waals surface area contributed by atoms with Crippen molar-refractivity contribution < 1.29 is 4.74 Å². The molecule has 0 radical (unpaired) electrons. The molecule has 4 aromatic rings. The quantitative estimate of drug-likeness (QED) is 0.261. The molecule has 0 aliphatic heterocycles. The van der Waals surface area contributed by atoms with E-state index in [0.29, 0.717) is 6.61 Å². The highest BCUT2D eigenvalue weighted by Gasteiger charge is 2.18. The first-order valence-corrected chi connectivity index (χ1v) is 12.7. The monoisotopic (exact) mass is 471 g/mol. The molecule has 4 rings (SSSR count). The topological polar surface area (TPSA) is 39.9 Å². The molecule has 0 atom stereocenters. The standard InChI is InChI=1S/C29H33N3OS/c1-7-33-26-16-14-25(15-17-26)32-27(23-10-12-24(13-11-23)29(4,5)6)30-31-28(32)34-19-22-9-8-20(2)21(3)18-22/h8-18H,7,19H2,1-6H3. The third kappa shape index (κ3) is 5.36. The minimum Gasteiger partial charge on any atom is -0.494 e. The van der Waals surface area contributed by atoms with E-state index in [4.69, 9.17) is 4.74 Å². The Hall–Kier alpha value is -3.05. The van der Waals surface area contributed by atoms with Crippen LogP contribution < -0.4 is 4.74 Å². The third-order valence-electron chi connectivity index (χ3n) is 5.99. The van der Waals surface area contributed by atoms with E-state index in [1.54, 1.807) is 11.8 Å². The zero-order chi connectivity index (χ0) is 24.3. The van der Waals surface area contributed by atoms with Crippen LogP contribution in [0.1, 0.15) is 49.9 Å². The van der Waals surface area contributed by atoms with Crippen molar-refractivity contribution in [1.82, 2.24) is 14.8 Å². The average Bonchev–Trinajstić information content (AvgIpc) is 3.24. The fourth-order valence-corrected chi connectivity index (χ4v) is 4.70. The van der Waals surface area contributed by atoms with Crippen molar-refractivity contribution in [1.29, 1.82) is 0 Å². The molecular formula is C29H33N3OS. The van der Waals surface area contributed by atoms with Crippen LogP contribution in [-0.2, 0) is 11.2 Å². The lowest BCUT2D eigenvalue weighted by Crippen LogP contribution is -2.10. The van der Waals surface area contributed by atoms with Gasteiger partial charge in [-0.15, -0.1) is 10.2 Å². The molecule has 0 saturated carbocycles. The fraction of sp³-hybridized carbons (Fsp3) is 0.310. The van der Waals surface area contributed by atoms with Gasteiger partial charge in [-0.05, 0) is 72.7 Å². The molecule has 0 N–H and O–H groups in total. The second-order valence-electron chi connectivity index (χ2n) is 9.60. The van der Waals surface area contributed by atoms with Gasteiger partial charge < -0.3 is 4.74 Å². The summed E-state index contributed by atoms with van der Waals surface area (Å²) in [5, 5.41) is 10.1. The van der Waals surface area contributed by atoms with Crippen LogP contribution in [0.5, 0.6) is 5.75 Å². The van der Waals surface area contributed by atoms with Gasteiger partial charge in [0.05, 0.1) is 6.61 Å². The molecule has 5 heteroatoms. The summed E-state index contributed by atoms with van der Waals surface area (Å²) in [4.78, 5) is 0. The van der Waals surface area contributed by atoms with E-state index in [1.807, 2.05) is 19.1 Å². The lowest BCUT2D eigenvalue weighted by molar-refractivity contribution is 0.340. The highest BCUT2D eigenvalue weighted by atomic mass is 32.2. The van der Waals surface area contributed by atoms with Gasteiger partial charge in [-0.3, -0.25) is 4.57 Å². The van der Waals surface area contributed by atoms with E-state index < -0.39 is 0 Å². The Morgan fingerprint density at radius 1 is 0.853 bits per heavy atom. The number of hydrogen-bond acceptors (Lipinski definition) is 4. The minimum atomic E-state index is 0.106. The number of benzene rings is 3. The van der Waals surface area contributed by atoms with Crippen molar-refractivity contribution in [3.8, 4) is 22.8 Å². The first-order valence-electron chi connectivity index (χ1n) is 11.7. The third-order valence-corrected chi connectivity index (χ3v) is 6.99. The van der Waals surface area contributed by atoms with Crippen molar-refractivity contribution >= 4 is 11.8 Å². The lowest BCUT2D eigenvalue weighted by Gasteiger charge is -2.19.